The average molecular weight is 506 g/mol. The van der Waals surface area contributed by atoms with Gasteiger partial charge in [0, 0.05) is 49.2 Å². The smallest absolute Gasteiger partial charge is 0.253 e. The Hall–Kier alpha value is -3.12. The van der Waals surface area contributed by atoms with Crippen molar-refractivity contribution < 1.29 is 14.3 Å². The van der Waals surface area contributed by atoms with Crippen LogP contribution in [0.3, 0.4) is 0 Å². The molecular weight excluding hydrogens is 462 g/mol. The third-order valence-corrected chi connectivity index (χ3v) is 6.87. The van der Waals surface area contributed by atoms with Crippen molar-refractivity contribution >= 4 is 17.4 Å². The van der Waals surface area contributed by atoms with Gasteiger partial charge in [0.25, 0.3) is 11.8 Å². The molecule has 2 N–H and O–H groups in total. The van der Waals surface area contributed by atoms with Gasteiger partial charge in [-0.3, -0.25) is 9.59 Å². The largest absolute Gasteiger partial charge is 0.482 e. The molecule has 1 saturated heterocycles. The standard InChI is InChI=1S/C29H37N3O3.C2H6/c1-5-32(6-2)28(34)22-9-7-21(8-10-22)25-18-29(13-15-30-16-14-29)35-26-12-11-23(17-24(25)26)27(33)31-19-20(3)4;1-2/h7-12,17-18,20,30H,5-6,13-16,19H2,1-4H3,(H,31,33);1-2H3. The second kappa shape index (κ2) is 12.9. The molecule has 2 aliphatic heterocycles. The molecule has 2 aromatic rings. The molecule has 0 unspecified atom stereocenters. The molecule has 1 fully saturated rings. The summed E-state index contributed by atoms with van der Waals surface area (Å²) in [6.07, 6.45) is 3.99. The Balaban J connectivity index is 0.00000186. The number of nitrogens with one attached hydrogen (secondary N) is 2. The van der Waals surface area contributed by atoms with E-state index in [1.807, 2.05) is 75.1 Å². The molecule has 6 nitrogen and oxygen atoms in total. The van der Waals surface area contributed by atoms with Crippen molar-refractivity contribution in [1.29, 1.82) is 0 Å². The summed E-state index contributed by atoms with van der Waals surface area (Å²) in [6, 6.07) is 13.5. The average Bonchev–Trinajstić information content (AvgIpc) is 2.93. The normalized spacial score (nSPS) is 15.6. The number of hydrogen-bond acceptors (Lipinski definition) is 4. The SMILES string of the molecule is CC.CCN(CC)C(=O)c1ccc(C2=CC3(CCNCC3)Oc3ccc(C(=O)NCC(C)C)cc32)cc1. The highest BCUT2D eigenvalue weighted by atomic mass is 16.5. The summed E-state index contributed by atoms with van der Waals surface area (Å²) < 4.78 is 6.56. The first kappa shape index (κ1) is 28.5. The van der Waals surface area contributed by atoms with Gasteiger partial charge < -0.3 is 20.3 Å². The van der Waals surface area contributed by atoms with E-state index in [9.17, 15) is 9.59 Å². The summed E-state index contributed by atoms with van der Waals surface area (Å²) >= 11 is 0. The quantitative estimate of drug-likeness (QED) is 0.519. The number of fused-ring (bicyclic) bond motifs is 1. The lowest BCUT2D eigenvalue weighted by Gasteiger charge is -2.40. The molecule has 2 aromatic carbocycles. The number of hydrogen-bond donors (Lipinski definition) is 2. The molecule has 2 amide bonds. The van der Waals surface area contributed by atoms with E-state index < -0.39 is 0 Å². The van der Waals surface area contributed by atoms with Crippen molar-refractivity contribution in [3.05, 3.63) is 70.8 Å². The fourth-order valence-corrected chi connectivity index (χ4v) is 4.78. The Morgan fingerprint density at radius 2 is 1.62 bits per heavy atom. The van der Waals surface area contributed by atoms with E-state index >= 15 is 0 Å². The van der Waals surface area contributed by atoms with Crippen LogP contribution in [0.1, 0.15) is 86.2 Å². The van der Waals surface area contributed by atoms with Crippen LogP contribution in [0.15, 0.2) is 48.5 Å². The summed E-state index contributed by atoms with van der Waals surface area (Å²) in [7, 11) is 0. The topological polar surface area (TPSA) is 70.7 Å². The number of benzene rings is 2. The van der Waals surface area contributed by atoms with Crippen LogP contribution < -0.4 is 15.4 Å². The molecule has 0 bridgehead atoms. The van der Waals surface area contributed by atoms with Gasteiger partial charge in [-0.2, -0.15) is 0 Å². The van der Waals surface area contributed by atoms with Gasteiger partial charge in [-0.1, -0.05) is 39.8 Å². The Morgan fingerprint density at radius 1 is 1.00 bits per heavy atom. The van der Waals surface area contributed by atoms with Gasteiger partial charge in [-0.25, -0.2) is 0 Å². The van der Waals surface area contributed by atoms with Crippen molar-refractivity contribution in [3.8, 4) is 5.75 Å². The van der Waals surface area contributed by atoms with Gasteiger partial charge in [-0.15, -0.1) is 0 Å². The first-order valence-electron chi connectivity index (χ1n) is 13.8. The molecule has 0 radical (unpaired) electrons. The summed E-state index contributed by atoms with van der Waals surface area (Å²) in [6.45, 7) is 15.9. The molecule has 4 rings (SSSR count). The predicted octanol–water partition coefficient (Wildman–Crippen LogP) is 5.53. The van der Waals surface area contributed by atoms with Crippen LogP contribution in [0.5, 0.6) is 5.75 Å². The van der Waals surface area contributed by atoms with Crippen LogP contribution in [0.25, 0.3) is 5.57 Å². The minimum Gasteiger partial charge on any atom is -0.482 e. The van der Waals surface area contributed by atoms with Crippen molar-refractivity contribution in [3.63, 3.8) is 0 Å². The number of carbonyl (C=O) groups excluding carboxylic acids is 2. The van der Waals surface area contributed by atoms with Crippen LogP contribution in [0.4, 0.5) is 0 Å². The Kier molecular flexibility index (Phi) is 9.93. The van der Waals surface area contributed by atoms with Crippen molar-refractivity contribution in [2.24, 2.45) is 5.92 Å². The molecule has 0 atom stereocenters. The Bertz CT molecular complexity index is 1100. The van der Waals surface area contributed by atoms with Gasteiger partial charge in [0.05, 0.1) is 0 Å². The lowest BCUT2D eigenvalue weighted by molar-refractivity contribution is 0.0772. The first-order valence-corrected chi connectivity index (χ1v) is 13.8. The first-order chi connectivity index (χ1) is 17.9. The van der Waals surface area contributed by atoms with E-state index in [1.54, 1.807) is 0 Å². The fourth-order valence-electron chi connectivity index (χ4n) is 4.78. The number of carbonyl (C=O) groups is 2. The molecule has 0 saturated carbocycles. The summed E-state index contributed by atoms with van der Waals surface area (Å²) in [4.78, 5) is 27.4. The third kappa shape index (κ3) is 6.61. The van der Waals surface area contributed by atoms with Gasteiger partial charge in [0.1, 0.15) is 11.4 Å². The molecule has 6 heteroatoms. The monoisotopic (exact) mass is 505 g/mol. The summed E-state index contributed by atoms with van der Waals surface area (Å²) in [5.41, 5.74) is 3.91. The lowest BCUT2D eigenvalue weighted by atomic mass is 9.83. The third-order valence-electron chi connectivity index (χ3n) is 6.87. The highest BCUT2D eigenvalue weighted by Gasteiger charge is 2.37. The summed E-state index contributed by atoms with van der Waals surface area (Å²) in [5, 5.41) is 6.43. The Morgan fingerprint density at radius 3 is 2.22 bits per heavy atom. The van der Waals surface area contributed by atoms with Crippen LogP contribution in [0.2, 0.25) is 0 Å². The van der Waals surface area contributed by atoms with Gasteiger partial charge >= 0.3 is 0 Å². The Labute approximate surface area is 222 Å². The van der Waals surface area contributed by atoms with Crippen molar-refractivity contribution in [2.75, 3.05) is 32.7 Å². The second-order valence-corrected chi connectivity index (χ2v) is 9.84. The maximum absolute atomic E-state index is 12.8. The van der Waals surface area contributed by atoms with Crippen LogP contribution >= 0.6 is 0 Å². The number of piperidine rings is 1. The van der Waals surface area contributed by atoms with Gasteiger partial charge in [-0.05, 0) is 80.4 Å². The van der Waals surface area contributed by atoms with E-state index in [-0.39, 0.29) is 17.4 Å². The second-order valence-electron chi connectivity index (χ2n) is 9.84. The van der Waals surface area contributed by atoms with Crippen molar-refractivity contribution in [2.45, 2.75) is 60.0 Å². The molecule has 2 heterocycles. The van der Waals surface area contributed by atoms with E-state index in [1.165, 1.54) is 0 Å². The molecule has 200 valence electrons. The molecular formula is C31H43N3O3. The lowest BCUT2D eigenvalue weighted by Crippen LogP contribution is -2.46. The van der Waals surface area contributed by atoms with Gasteiger partial charge in [0.2, 0.25) is 0 Å². The number of ether oxygens (including phenoxy) is 1. The van der Waals surface area contributed by atoms with E-state index in [4.69, 9.17) is 4.74 Å². The fraction of sp³-hybridized carbons (Fsp3) is 0.484. The molecule has 0 aromatic heterocycles. The minimum atomic E-state index is -0.370. The predicted molar refractivity (Wildman–Crippen MR) is 151 cm³/mol. The van der Waals surface area contributed by atoms with Crippen molar-refractivity contribution in [1.82, 2.24) is 15.5 Å². The highest BCUT2D eigenvalue weighted by Crippen LogP contribution is 2.43. The van der Waals surface area contributed by atoms with E-state index in [0.717, 1.165) is 48.4 Å². The van der Waals surface area contributed by atoms with Crippen LogP contribution in [0, 0.1) is 5.92 Å². The van der Waals surface area contributed by atoms with Crippen LogP contribution in [-0.4, -0.2) is 55.0 Å². The van der Waals surface area contributed by atoms with Crippen LogP contribution in [-0.2, 0) is 0 Å². The number of amides is 2. The minimum absolute atomic E-state index is 0.0434. The van der Waals surface area contributed by atoms with Gasteiger partial charge in [0.15, 0.2) is 0 Å². The molecule has 1 spiro atoms. The molecule has 37 heavy (non-hydrogen) atoms. The zero-order valence-corrected chi connectivity index (χ0v) is 23.3. The van der Waals surface area contributed by atoms with E-state index in [0.29, 0.717) is 36.7 Å². The summed E-state index contributed by atoms with van der Waals surface area (Å²) in [5.74, 6) is 1.14. The zero-order chi connectivity index (χ0) is 27.0. The number of nitrogens with zero attached hydrogens (tertiary/aromatic N) is 1. The zero-order valence-electron chi connectivity index (χ0n) is 23.3. The molecule has 2 aliphatic rings. The maximum atomic E-state index is 12.8. The van der Waals surface area contributed by atoms with E-state index in [2.05, 4.69) is 30.6 Å². The maximum Gasteiger partial charge on any atom is 0.253 e. The highest BCUT2D eigenvalue weighted by molar-refractivity contribution is 5.97. The number of rotatable bonds is 7. The molecule has 0 aliphatic carbocycles.